The predicted molar refractivity (Wildman–Crippen MR) is 128 cm³/mol. The van der Waals surface area contributed by atoms with E-state index in [9.17, 15) is 10.1 Å². The van der Waals surface area contributed by atoms with E-state index in [2.05, 4.69) is 11.1 Å². The van der Waals surface area contributed by atoms with Gasteiger partial charge in [0.2, 0.25) is 5.90 Å². The molecule has 0 bridgehead atoms. The molecule has 0 amide bonds. The molecule has 1 atom stereocenters. The number of nitrogens with one attached hydrogen (secondary N) is 2. The Kier molecular flexibility index (Phi) is 7.85. The van der Waals surface area contributed by atoms with E-state index in [4.69, 9.17) is 54.4 Å². The maximum absolute atomic E-state index is 12.5. The third-order valence-electron chi connectivity index (χ3n) is 5.87. The predicted octanol–water partition coefficient (Wildman–Crippen LogP) is 5.73. The number of carbonyl (C=O) groups excluding carboxylic acids is 1. The molecule has 0 spiro atoms. The molecule has 0 fully saturated rings. The third-order valence-corrected chi connectivity index (χ3v) is 6.39. The van der Waals surface area contributed by atoms with Crippen LogP contribution >= 0.6 is 34.8 Å². The first-order valence-corrected chi connectivity index (χ1v) is 11.9. The second kappa shape index (κ2) is 10.1. The van der Waals surface area contributed by atoms with Crippen molar-refractivity contribution in [3.63, 3.8) is 0 Å². The lowest BCUT2D eigenvalue weighted by Gasteiger charge is -2.36. The summed E-state index contributed by atoms with van der Waals surface area (Å²) in [5.41, 5.74) is 3.71. The summed E-state index contributed by atoms with van der Waals surface area (Å²) in [4.78, 5) is 15.9. The fourth-order valence-corrected chi connectivity index (χ4v) is 4.60. The van der Waals surface area contributed by atoms with Crippen LogP contribution in [0.1, 0.15) is 61.1 Å². The number of aryl methyl sites for hydroxylation is 1. The first-order chi connectivity index (χ1) is 15.6. The van der Waals surface area contributed by atoms with Crippen LogP contribution < -0.4 is 0 Å². The molecular formula is C23H26Cl3N3O4. The van der Waals surface area contributed by atoms with Crippen molar-refractivity contribution in [1.82, 2.24) is 4.98 Å². The Hall–Kier alpha value is -1.98. The Bertz CT molecular complexity index is 1120. The number of halogens is 3. The van der Waals surface area contributed by atoms with E-state index in [0.29, 0.717) is 37.2 Å². The molecule has 0 aliphatic carbocycles. The Morgan fingerprint density at radius 1 is 1.36 bits per heavy atom. The molecule has 1 aromatic heterocycles. The maximum Gasteiger partial charge on any atom is 0.309 e. The molecule has 3 rings (SSSR count). The number of nitrogens with zero attached hydrogens (tertiary/aromatic N) is 1. The Balaban J connectivity index is 2.13. The molecule has 2 N–H and O–H groups in total. The molecule has 2 heterocycles. The van der Waals surface area contributed by atoms with Crippen molar-refractivity contribution in [3.05, 3.63) is 34.0 Å². The van der Waals surface area contributed by atoms with Gasteiger partial charge < -0.3 is 19.2 Å². The van der Waals surface area contributed by atoms with Gasteiger partial charge in [0.1, 0.15) is 12.2 Å². The largest absolute Gasteiger partial charge is 0.473 e. The Morgan fingerprint density at radius 3 is 2.70 bits per heavy atom. The molecule has 7 nitrogen and oxygen atoms in total. The summed E-state index contributed by atoms with van der Waals surface area (Å²) in [5, 5.41) is 18.5. The normalized spacial score (nSPS) is 18.0. The maximum atomic E-state index is 12.5. The molecule has 178 valence electrons. The summed E-state index contributed by atoms with van der Waals surface area (Å²) < 4.78 is 14.8. The highest BCUT2D eigenvalue weighted by molar-refractivity contribution is 6.76. The van der Waals surface area contributed by atoms with Crippen molar-refractivity contribution in [2.75, 3.05) is 13.2 Å². The van der Waals surface area contributed by atoms with Gasteiger partial charge in [-0.25, -0.2) is 0 Å². The highest BCUT2D eigenvalue weighted by Crippen LogP contribution is 2.44. The second-order valence-electron chi connectivity index (χ2n) is 7.99. The van der Waals surface area contributed by atoms with Crippen LogP contribution in [0.3, 0.4) is 0 Å². The monoisotopic (exact) mass is 513 g/mol. The number of hydrogen-bond donors (Lipinski definition) is 2. The van der Waals surface area contributed by atoms with Crippen LogP contribution in [0.25, 0.3) is 10.9 Å². The number of aromatic nitrogens is 1. The molecule has 33 heavy (non-hydrogen) atoms. The zero-order chi connectivity index (χ0) is 24.4. The summed E-state index contributed by atoms with van der Waals surface area (Å²) in [5.74, 6) is -0.824. The third kappa shape index (κ3) is 5.09. The number of esters is 1. The molecule has 0 radical (unpaired) electrons. The van der Waals surface area contributed by atoms with Gasteiger partial charge in [-0.3, -0.25) is 10.2 Å². The lowest BCUT2D eigenvalue weighted by atomic mass is 9.84. The Labute approximate surface area is 207 Å². The molecular weight excluding hydrogens is 489 g/mol. The van der Waals surface area contributed by atoms with Gasteiger partial charge >= 0.3 is 5.97 Å². The van der Waals surface area contributed by atoms with E-state index in [1.165, 1.54) is 0 Å². The van der Waals surface area contributed by atoms with E-state index < -0.39 is 15.3 Å². The number of ether oxygens (including phenoxy) is 3. The van der Waals surface area contributed by atoms with E-state index in [-0.39, 0.29) is 19.0 Å². The fourth-order valence-electron chi connectivity index (χ4n) is 4.44. The zero-order valence-electron chi connectivity index (χ0n) is 18.7. The second-order valence-corrected chi connectivity index (χ2v) is 10.3. The summed E-state index contributed by atoms with van der Waals surface area (Å²) >= 11 is 17.1. The highest BCUT2D eigenvalue weighted by Gasteiger charge is 2.42. The SMILES string of the molecule is CCCC1(CC(=O)OCC)OCCc2c1[nH]c1c(C)c(COC(=N)C(Cl)(Cl)Cl)cc(C#N)c21. The van der Waals surface area contributed by atoms with E-state index >= 15 is 0 Å². The van der Waals surface area contributed by atoms with E-state index in [1.807, 2.05) is 13.8 Å². The van der Waals surface area contributed by atoms with Gasteiger partial charge in [0, 0.05) is 5.39 Å². The van der Waals surface area contributed by atoms with E-state index in [1.54, 1.807) is 13.0 Å². The minimum atomic E-state index is -1.97. The number of rotatable bonds is 7. The van der Waals surface area contributed by atoms with Gasteiger partial charge in [-0.2, -0.15) is 5.26 Å². The molecule has 1 aliphatic rings. The lowest BCUT2D eigenvalue weighted by molar-refractivity contribution is -0.155. The lowest BCUT2D eigenvalue weighted by Crippen LogP contribution is -2.38. The topological polar surface area (TPSA) is 108 Å². The van der Waals surface area contributed by atoms with Crippen LogP contribution in [0, 0.1) is 23.7 Å². The molecule has 0 saturated heterocycles. The number of carbonyl (C=O) groups is 1. The first-order valence-electron chi connectivity index (χ1n) is 10.7. The fraction of sp³-hybridized carbons (Fsp3) is 0.522. The van der Waals surface area contributed by atoms with Crippen molar-refractivity contribution >= 4 is 57.6 Å². The van der Waals surface area contributed by atoms with Crippen molar-refractivity contribution in [2.45, 2.75) is 62.5 Å². The summed E-state index contributed by atoms with van der Waals surface area (Å²) in [6.45, 7) is 6.41. The molecule has 1 aromatic carbocycles. The number of fused-ring (bicyclic) bond motifs is 3. The van der Waals surface area contributed by atoms with E-state index in [0.717, 1.165) is 34.1 Å². The van der Waals surface area contributed by atoms with Crippen LogP contribution in [0.2, 0.25) is 0 Å². The highest BCUT2D eigenvalue weighted by atomic mass is 35.6. The van der Waals surface area contributed by atoms with Crippen molar-refractivity contribution in [3.8, 4) is 6.07 Å². The van der Waals surface area contributed by atoms with Gasteiger partial charge in [-0.1, -0.05) is 48.1 Å². The minimum Gasteiger partial charge on any atom is -0.473 e. The number of alkyl halides is 3. The summed E-state index contributed by atoms with van der Waals surface area (Å²) in [6.07, 6.45) is 2.14. The molecule has 1 aliphatic heterocycles. The number of H-pyrrole nitrogens is 1. The van der Waals surface area contributed by atoms with Gasteiger partial charge in [-0.15, -0.1) is 0 Å². The Morgan fingerprint density at radius 2 is 2.09 bits per heavy atom. The van der Waals surface area contributed by atoms with Crippen molar-refractivity contribution in [1.29, 1.82) is 10.7 Å². The van der Waals surface area contributed by atoms with Gasteiger partial charge in [0.05, 0.1) is 42.5 Å². The zero-order valence-corrected chi connectivity index (χ0v) is 21.0. The number of benzene rings is 1. The molecule has 10 heteroatoms. The first kappa shape index (κ1) is 25.6. The van der Waals surface area contributed by atoms with Crippen LogP contribution in [-0.4, -0.2) is 33.9 Å². The molecule has 2 aromatic rings. The van der Waals surface area contributed by atoms with Crippen molar-refractivity contribution in [2.24, 2.45) is 0 Å². The number of nitriles is 1. The van der Waals surface area contributed by atoms with Gasteiger partial charge in [0.25, 0.3) is 3.79 Å². The van der Waals surface area contributed by atoms with Gasteiger partial charge in [-0.05, 0) is 49.4 Å². The van der Waals surface area contributed by atoms with Crippen LogP contribution in [-0.2, 0) is 37.6 Å². The summed E-state index contributed by atoms with van der Waals surface area (Å²) in [7, 11) is 0. The average molecular weight is 515 g/mol. The average Bonchev–Trinajstić information content (AvgIpc) is 3.15. The number of aromatic amines is 1. The number of hydrogen-bond acceptors (Lipinski definition) is 6. The van der Waals surface area contributed by atoms with Gasteiger partial charge in [0.15, 0.2) is 0 Å². The molecule has 1 unspecified atom stereocenters. The van der Waals surface area contributed by atoms with Crippen LogP contribution in [0.15, 0.2) is 6.07 Å². The quantitative estimate of drug-likeness (QED) is 0.212. The van der Waals surface area contributed by atoms with Crippen LogP contribution in [0.5, 0.6) is 0 Å². The minimum absolute atomic E-state index is 0.0354. The summed E-state index contributed by atoms with van der Waals surface area (Å²) in [6, 6.07) is 4.01. The van der Waals surface area contributed by atoms with Crippen LogP contribution in [0.4, 0.5) is 0 Å². The smallest absolute Gasteiger partial charge is 0.309 e. The van der Waals surface area contributed by atoms with Crippen molar-refractivity contribution < 1.29 is 19.0 Å². The standard InChI is InChI=1S/C23H26Cl3N3O4/c1-4-7-22(10-17(30)31-5-2)20-16(6-8-33-22)18-14(11-27)9-15(13(3)19(18)29-20)12-32-21(28)23(24,25)26/h9,28-29H,4-8,10,12H2,1-3H3. The molecule has 0 saturated carbocycles.